The maximum atomic E-state index is 13.5. The van der Waals surface area contributed by atoms with E-state index < -0.39 is 22.4 Å². The molecule has 20 heavy (non-hydrogen) atoms. The molecular weight excluding hydrogens is 271 g/mol. The van der Waals surface area contributed by atoms with Gasteiger partial charge in [-0.2, -0.15) is 4.39 Å². The minimum absolute atomic E-state index is 0.0508. The van der Waals surface area contributed by atoms with Crippen molar-refractivity contribution >= 4 is 17.5 Å². The fourth-order valence-corrected chi connectivity index (χ4v) is 1.61. The highest BCUT2D eigenvalue weighted by Gasteiger charge is 2.19. The molecule has 2 rings (SSSR count). The molecule has 0 aliphatic rings. The standard InChI is InChI=1S/C11H9FN4O4/c1-20-11(17)9-10(13)15(5-14-9)6-2-3-8(16(18)19)7(12)4-6/h2-5H,13H2,1H3. The summed E-state index contributed by atoms with van der Waals surface area (Å²) < 4.78 is 19.2. The van der Waals surface area contributed by atoms with Crippen molar-refractivity contribution in [3.05, 3.63) is 46.2 Å². The van der Waals surface area contributed by atoms with Gasteiger partial charge in [0, 0.05) is 12.1 Å². The van der Waals surface area contributed by atoms with Gasteiger partial charge in [-0.15, -0.1) is 0 Å². The number of nitro groups is 1. The van der Waals surface area contributed by atoms with Gasteiger partial charge in [-0.05, 0) is 6.07 Å². The summed E-state index contributed by atoms with van der Waals surface area (Å²) >= 11 is 0. The predicted molar refractivity (Wildman–Crippen MR) is 65.9 cm³/mol. The van der Waals surface area contributed by atoms with Crippen molar-refractivity contribution in [1.29, 1.82) is 0 Å². The number of imidazole rings is 1. The first-order valence-electron chi connectivity index (χ1n) is 5.31. The van der Waals surface area contributed by atoms with Crippen LogP contribution in [0.4, 0.5) is 15.9 Å². The van der Waals surface area contributed by atoms with E-state index in [9.17, 15) is 19.3 Å². The second-order valence-corrected chi connectivity index (χ2v) is 3.73. The second-order valence-electron chi connectivity index (χ2n) is 3.73. The molecule has 0 spiro atoms. The van der Waals surface area contributed by atoms with E-state index in [1.54, 1.807) is 0 Å². The smallest absolute Gasteiger partial charge is 0.360 e. The zero-order valence-corrected chi connectivity index (χ0v) is 10.2. The van der Waals surface area contributed by atoms with Crippen LogP contribution in [0, 0.1) is 15.9 Å². The summed E-state index contributed by atoms with van der Waals surface area (Å²) in [6, 6.07) is 3.22. The number of hydrogen-bond donors (Lipinski definition) is 1. The molecule has 9 heteroatoms. The average molecular weight is 280 g/mol. The van der Waals surface area contributed by atoms with Crippen LogP contribution in [0.1, 0.15) is 10.5 Å². The van der Waals surface area contributed by atoms with Gasteiger partial charge >= 0.3 is 11.7 Å². The van der Waals surface area contributed by atoms with Crippen LogP contribution in [0.25, 0.3) is 5.69 Å². The second kappa shape index (κ2) is 4.96. The van der Waals surface area contributed by atoms with Gasteiger partial charge in [0.2, 0.25) is 5.82 Å². The van der Waals surface area contributed by atoms with Crippen LogP contribution in [-0.2, 0) is 4.74 Å². The number of carbonyl (C=O) groups is 1. The Balaban J connectivity index is 2.48. The highest BCUT2D eigenvalue weighted by atomic mass is 19.1. The van der Waals surface area contributed by atoms with Crippen LogP contribution in [0.15, 0.2) is 24.5 Å². The van der Waals surface area contributed by atoms with Crippen molar-refractivity contribution in [2.45, 2.75) is 0 Å². The molecule has 1 heterocycles. The molecule has 0 radical (unpaired) electrons. The zero-order chi connectivity index (χ0) is 14.9. The fraction of sp³-hybridized carbons (Fsp3) is 0.0909. The Morgan fingerprint density at radius 2 is 2.25 bits per heavy atom. The highest BCUT2D eigenvalue weighted by molar-refractivity contribution is 5.92. The number of halogens is 1. The number of carbonyl (C=O) groups excluding carboxylic acids is 1. The summed E-state index contributed by atoms with van der Waals surface area (Å²) in [5.74, 6) is -1.80. The number of ether oxygens (including phenoxy) is 1. The number of esters is 1. The minimum Gasteiger partial charge on any atom is -0.464 e. The Labute approximate surface area is 111 Å². The third-order valence-electron chi connectivity index (χ3n) is 2.59. The van der Waals surface area contributed by atoms with Gasteiger partial charge in [0.15, 0.2) is 5.69 Å². The van der Waals surface area contributed by atoms with E-state index in [2.05, 4.69) is 9.72 Å². The number of aromatic nitrogens is 2. The molecule has 0 amide bonds. The van der Waals surface area contributed by atoms with E-state index >= 15 is 0 Å². The average Bonchev–Trinajstić information content (AvgIpc) is 2.79. The van der Waals surface area contributed by atoms with Gasteiger partial charge in [-0.3, -0.25) is 14.7 Å². The summed E-state index contributed by atoms with van der Waals surface area (Å²) in [4.78, 5) is 24.8. The number of nitrogens with zero attached hydrogens (tertiary/aromatic N) is 3. The number of anilines is 1. The molecule has 104 valence electrons. The first-order valence-corrected chi connectivity index (χ1v) is 5.31. The number of hydrogen-bond acceptors (Lipinski definition) is 6. The predicted octanol–water partition coefficient (Wildman–Crippen LogP) is 1.29. The van der Waals surface area contributed by atoms with Crippen molar-refractivity contribution < 1.29 is 18.8 Å². The molecule has 0 saturated carbocycles. The molecular formula is C11H9FN4O4. The van der Waals surface area contributed by atoms with Crippen molar-refractivity contribution in [2.75, 3.05) is 12.8 Å². The number of rotatable bonds is 3. The molecule has 0 saturated heterocycles. The maximum absolute atomic E-state index is 13.5. The third-order valence-corrected chi connectivity index (χ3v) is 2.59. The molecule has 0 aliphatic carbocycles. The van der Waals surface area contributed by atoms with Crippen LogP contribution in [-0.4, -0.2) is 27.6 Å². The van der Waals surface area contributed by atoms with Crippen LogP contribution in [0.5, 0.6) is 0 Å². The third kappa shape index (κ3) is 2.16. The number of nitrogens with two attached hydrogens (primary N) is 1. The fourth-order valence-electron chi connectivity index (χ4n) is 1.61. The largest absolute Gasteiger partial charge is 0.464 e. The normalized spacial score (nSPS) is 10.3. The molecule has 0 atom stereocenters. The van der Waals surface area contributed by atoms with E-state index in [1.807, 2.05) is 0 Å². The molecule has 2 N–H and O–H groups in total. The van der Waals surface area contributed by atoms with Gasteiger partial charge < -0.3 is 10.5 Å². The lowest BCUT2D eigenvalue weighted by molar-refractivity contribution is -0.387. The quantitative estimate of drug-likeness (QED) is 0.514. The zero-order valence-electron chi connectivity index (χ0n) is 10.2. The molecule has 0 bridgehead atoms. The van der Waals surface area contributed by atoms with Crippen LogP contribution < -0.4 is 5.73 Å². The van der Waals surface area contributed by atoms with Gasteiger partial charge in [0.1, 0.15) is 12.1 Å². The minimum atomic E-state index is -1.01. The van der Waals surface area contributed by atoms with Crippen molar-refractivity contribution in [3.8, 4) is 5.69 Å². The van der Waals surface area contributed by atoms with E-state index in [-0.39, 0.29) is 17.2 Å². The summed E-state index contributed by atoms with van der Waals surface area (Å²) in [5, 5.41) is 10.5. The molecule has 0 unspecified atom stereocenters. The molecule has 0 fully saturated rings. The van der Waals surface area contributed by atoms with Crippen molar-refractivity contribution in [2.24, 2.45) is 0 Å². The lowest BCUT2D eigenvalue weighted by atomic mass is 10.2. The lowest BCUT2D eigenvalue weighted by Gasteiger charge is -2.05. The van der Waals surface area contributed by atoms with Gasteiger partial charge in [0.25, 0.3) is 0 Å². The van der Waals surface area contributed by atoms with Gasteiger partial charge in [-0.1, -0.05) is 0 Å². The Bertz CT molecular complexity index is 698. The van der Waals surface area contributed by atoms with Crippen molar-refractivity contribution in [3.63, 3.8) is 0 Å². The van der Waals surface area contributed by atoms with E-state index in [0.29, 0.717) is 0 Å². The summed E-state index contributed by atoms with van der Waals surface area (Å²) in [7, 11) is 1.17. The first-order chi connectivity index (χ1) is 9.45. The molecule has 1 aromatic carbocycles. The topological polar surface area (TPSA) is 113 Å². The number of nitrogen functional groups attached to an aromatic ring is 1. The Morgan fingerprint density at radius 1 is 1.55 bits per heavy atom. The molecule has 8 nitrogen and oxygen atoms in total. The van der Waals surface area contributed by atoms with E-state index in [1.165, 1.54) is 24.1 Å². The SMILES string of the molecule is COC(=O)c1ncn(-c2ccc([N+](=O)[O-])c(F)c2)c1N. The van der Waals surface area contributed by atoms with Crippen LogP contribution in [0.3, 0.4) is 0 Å². The van der Waals surface area contributed by atoms with Crippen LogP contribution >= 0.6 is 0 Å². The first kappa shape index (κ1) is 13.5. The number of benzene rings is 1. The lowest BCUT2D eigenvalue weighted by Crippen LogP contribution is -2.07. The Hall–Kier alpha value is -2.97. The van der Waals surface area contributed by atoms with Crippen molar-refractivity contribution in [1.82, 2.24) is 9.55 Å². The Morgan fingerprint density at radius 3 is 2.80 bits per heavy atom. The van der Waals surface area contributed by atoms with Crippen LogP contribution in [0.2, 0.25) is 0 Å². The summed E-state index contributed by atoms with van der Waals surface area (Å²) in [6.45, 7) is 0. The van der Waals surface area contributed by atoms with Gasteiger partial charge in [-0.25, -0.2) is 9.78 Å². The Kier molecular flexibility index (Phi) is 3.34. The number of methoxy groups -OCH3 is 1. The highest BCUT2D eigenvalue weighted by Crippen LogP contribution is 2.23. The number of nitro benzene ring substituents is 1. The molecule has 2 aromatic rings. The molecule has 1 aromatic heterocycles. The van der Waals surface area contributed by atoms with E-state index in [4.69, 9.17) is 5.73 Å². The van der Waals surface area contributed by atoms with E-state index in [0.717, 1.165) is 12.1 Å². The monoisotopic (exact) mass is 280 g/mol. The summed E-state index contributed by atoms with van der Waals surface area (Å²) in [6.07, 6.45) is 1.20. The molecule has 0 aliphatic heterocycles. The maximum Gasteiger partial charge on any atom is 0.360 e. The van der Waals surface area contributed by atoms with Gasteiger partial charge in [0.05, 0.1) is 17.7 Å². The summed E-state index contributed by atoms with van der Waals surface area (Å²) in [5.41, 5.74) is 5.13.